The third-order valence-corrected chi connectivity index (χ3v) is 3.72. The summed E-state index contributed by atoms with van der Waals surface area (Å²) in [6.07, 6.45) is 3.84. The Morgan fingerprint density at radius 2 is 2.23 bits per heavy atom. The average molecular weight is 420 g/mol. The molecular weight excluding hydrogens is 399 g/mol. The van der Waals surface area contributed by atoms with E-state index in [1.165, 1.54) is 0 Å². The standard InChI is InChI=1S/C14H21IN4O3/c1-14(2,3)22-13(21)17-11-4-5-18(8-11)12(20)9-19-7-10(15)6-16-19/h6-7,11H,4-5,8-9H2,1-3H3,(H,17,21)/t11-/m1/s1. The quantitative estimate of drug-likeness (QED) is 0.755. The Bertz CT molecular complexity index is 553. The first-order valence-corrected chi connectivity index (χ1v) is 8.26. The first-order valence-electron chi connectivity index (χ1n) is 7.18. The monoisotopic (exact) mass is 420 g/mol. The number of halogens is 1. The summed E-state index contributed by atoms with van der Waals surface area (Å²) in [5, 5.41) is 6.92. The number of hydrogen-bond acceptors (Lipinski definition) is 4. The van der Waals surface area contributed by atoms with Crippen LogP contribution in [0.15, 0.2) is 12.4 Å². The van der Waals surface area contributed by atoms with Crippen molar-refractivity contribution in [2.45, 2.75) is 45.4 Å². The van der Waals surface area contributed by atoms with Gasteiger partial charge in [-0.3, -0.25) is 9.48 Å². The van der Waals surface area contributed by atoms with Gasteiger partial charge in [0.05, 0.1) is 15.8 Å². The van der Waals surface area contributed by atoms with Crippen molar-refractivity contribution < 1.29 is 14.3 Å². The lowest BCUT2D eigenvalue weighted by molar-refractivity contribution is -0.131. The Balaban J connectivity index is 1.79. The third-order valence-electron chi connectivity index (χ3n) is 3.16. The van der Waals surface area contributed by atoms with E-state index in [0.29, 0.717) is 13.1 Å². The predicted octanol–water partition coefficient (Wildman–Crippen LogP) is 1.61. The van der Waals surface area contributed by atoms with Gasteiger partial charge < -0.3 is 15.0 Å². The number of carbonyl (C=O) groups is 2. The van der Waals surface area contributed by atoms with Crippen LogP contribution in [0.1, 0.15) is 27.2 Å². The average Bonchev–Trinajstić information content (AvgIpc) is 2.96. The number of aromatic nitrogens is 2. The maximum absolute atomic E-state index is 12.2. The summed E-state index contributed by atoms with van der Waals surface area (Å²) in [4.78, 5) is 25.7. The van der Waals surface area contributed by atoms with Crippen LogP contribution >= 0.6 is 22.6 Å². The second-order valence-corrected chi connectivity index (χ2v) is 7.57. The fourth-order valence-corrected chi connectivity index (χ4v) is 2.69. The Kier molecular flexibility index (Phi) is 5.30. The minimum absolute atomic E-state index is 0.00740. The summed E-state index contributed by atoms with van der Waals surface area (Å²) in [7, 11) is 0. The molecule has 2 amide bonds. The number of carbonyl (C=O) groups excluding carboxylic acids is 2. The highest BCUT2D eigenvalue weighted by atomic mass is 127. The van der Waals surface area contributed by atoms with E-state index >= 15 is 0 Å². The summed E-state index contributed by atoms with van der Waals surface area (Å²) >= 11 is 2.15. The zero-order valence-corrected chi connectivity index (χ0v) is 15.2. The lowest BCUT2D eigenvalue weighted by atomic mass is 10.2. The number of hydrogen-bond donors (Lipinski definition) is 1. The SMILES string of the molecule is CC(C)(C)OC(=O)N[C@@H]1CCN(C(=O)Cn2cc(I)cn2)C1. The van der Waals surface area contributed by atoms with Crippen LogP contribution in [-0.2, 0) is 16.1 Å². The molecule has 0 bridgehead atoms. The van der Waals surface area contributed by atoms with Gasteiger partial charge in [-0.2, -0.15) is 5.10 Å². The number of rotatable bonds is 3. The zero-order valence-electron chi connectivity index (χ0n) is 13.0. The minimum Gasteiger partial charge on any atom is -0.444 e. The maximum atomic E-state index is 12.2. The van der Waals surface area contributed by atoms with Crippen LogP contribution in [0.5, 0.6) is 0 Å². The second-order valence-electron chi connectivity index (χ2n) is 6.33. The van der Waals surface area contributed by atoms with E-state index < -0.39 is 11.7 Å². The highest BCUT2D eigenvalue weighted by Gasteiger charge is 2.28. The van der Waals surface area contributed by atoms with Crippen molar-refractivity contribution in [2.75, 3.05) is 13.1 Å². The molecule has 1 N–H and O–H groups in total. The molecule has 2 rings (SSSR count). The van der Waals surface area contributed by atoms with Crippen LogP contribution in [0.3, 0.4) is 0 Å². The van der Waals surface area contributed by atoms with Crippen LogP contribution in [0.25, 0.3) is 0 Å². The van der Waals surface area contributed by atoms with E-state index in [1.54, 1.807) is 15.8 Å². The first kappa shape index (κ1) is 17.0. The fourth-order valence-electron chi connectivity index (χ4n) is 2.24. The van der Waals surface area contributed by atoms with Crippen LogP contribution in [-0.4, -0.2) is 51.4 Å². The highest BCUT2D eigenvalue weighted by Crippen LogP contribution is 2.12. The Hall–Kier alpha value is -1.32. The summed E-state index contributed by atoms with van der Waals surface area (Å²) in [6, 6.07) is -0.0587. The molecule has 7 nitrogen and oxygen atoms in total. The maximum Gasteiger partial charge on any atom is 0.407 e. The molecule has 1 aromatic rings. The molecule has 1 aliphatic rings. The molecular formula is C14H21IN4O3. The second kappa shape index (κ2) is 6.84. The number of nitrogens with one attached hydrogen (secondary N) is 1. The first-order chi connectivity index (χ1) is 10.2. The normalized spacial score (nSPS) is 18.4. The van der Waals surface area contributed by atoms with Crippen molar-refractivity contribution >= 4 is 34.6 Å². The molecule has 1 atom stereocenters. The molecule has 0 radical (unpaired) electrons. The minimum atomic E-state index is -0.518. The van der Waals surface area contributed by atoms with Crippen molar-refractivity contribution in [3.05, 3.63) is 16.0 Å². The molecule has 8 heteroatoms. The van der Waals surface area contributed by atoms with Gasteiger partial charge in [0.2, 0.25) is 5.91 Å². The van der Waals surface area contributed by atoms with Crippen LogP contribution in [0.4, 0.5) is 4.79 Å². The lowest BCUT2D eigenvalue weighted by Crippen LogP contribution is -2.41. The van der Waals surface area contributed by atoms with Crippen molar-refractivity contribution in [1.82, 2.24) is 20.0 Å². The number of ether oxygens (including phenoxy) is 1. The van der Waals surface area contributed by atoms with Gasteiger partial charge in [-0.05, 0) is 49.8 Å². The number of alkyl carbamates (subject to hydrolysis) is 1. The number of amides is 2. The molecule has 1 aromatic heterocycles. The van der Waals surface area contributed by atoms with E-state index in [2.05, 4.69) is 33.0 Å². The molecule has 2 heterocycles. The zero-order chi connectivity index (χ0) is 16.3. The van der Waals surface area contributed by atoms with Crippen LogP contribution in [0, 0.1) is 3.57 Å². The molecule has 0 unspecified atom stereocenters. The summed E-state index contributed by atoms with van der Waals surface area (Å²) in [5.74, 6) is 0.00740. The van der Waals surface area contributed by atoms with Crippen molar-refractivity contribution in [3.63, 3.8) is 0 Å². The van der Waals surface area contributed by atoms with E-state index in [9.17, 15) is 9.59 Å². The molecule has 0 aliphatic carbocycles. The molecule has 1 saturated heterocycles. The molecule has 122 valence electrons. The fraction of sp³-hybridized carbons (Fsp3) is 0.643. The Labute approximate surface area is 143 Å². The predicted molar refractivity (Wildman–Crippen MR) is 89.3 cm³/mol. The molecule has 0 aromatic carbocycles. The largest absolute Gasteiger partial charge is 0.444 e. The highest BCUT2D eigenvalue weighted by molar-refractivity contribution is 14.1. The van der Waals surface area contributed by atoms with Gasteiger partial charge >= 0.3 is 6.09 Å². The number of likely N-dealkylation sites (tertiary alicyclic amines) is 1. The Morgan fingerprint density at radius 3 is 2.82 bits per heavy atom. The van der Waals surface area contributed by atoms with Gasteiger partial charge in [0, 0.05) is 19.3 Å². The lowest BCUT2D eigenvalue weighted by Gasteiger charge is -2.22. The van der Waals surface area contributed by atoms with E-state index in [4.69, 9.17) is 4.74 Å². The van der Waals surface area contributed by atoms with Gasteiger partial charge in [0.15, 0.2) is 0 Å². The number of nitrogens with zero attached hydrogens (tertiary/aromatic N) is 3. The van der Waals surface area contributed by atoms with Gasteiger partial charge in [-0.15, -0.1) is 0 Å². The summed E-state index contributed by atoms with van der Waals surface area (Å²) in [6.45, 7) is 6.84. The Morgan fingerprint density at radius 1 is 1.50 bits per heavy atom. The van der Waals surface area contributed by atoms with Gasteiger partial charge in [0.1, 0.15) is 12.1 Å². The molecule has 1 fully saturated rings. The topological polar surface area (TPSA) is 76.5 Å². The molecule has 0 saturated carbocycles. The summed E-state index contributed by atoms with van der Waals surface area (Å²) in [5.41, 5.74) is -0.518. The van der Waals surface area contributed by atoms with Gasteiger partial charge in [0.25, 0.3) is 0 Å². The molecule has 22 heavy (non-hydrogen) atoms. The van der Waals surface area contributed by atoms with E-state index in [0.717, 1.165) is 9.99 Å². The van der Waals surface area contributed by atoms with Gasteiger partial charge in [-0.25, -0.2) is 4.79 Å². The smallest absolute Gasteiger partial charge is 0.407 e. The van der Waals surface area contributed by atoms with Crippen molar-refractivity contribution in [1.29, 1.82) is 0 Å². The van der Waals surface area contributed by atoms with Gasteiger partial charge in [-0.1, -0.05) is 0 Å². The third kappa shape index (κ3) is 5.15. The van der Waals surface area contributed by atoms with Crippen molar-refractivity contribution in [3.8, 4) is 0 Å². The van der Waals surface area contributed by atoms with Crippen LogP contribution in [0.2, 0.25) is 0 Å². The van der Waals surface area contributed by atoms with E-state index in [1.807, 2.05) is 27.0 Å². The summed E-state index contributed by atoms with van der Waals surface area (Å²) < 4.78 is 7.85. The molecule has 0 spiro atoms. The molecule has 1 aliphatic heterocycles. The van der Waals surface area contributed by atoms with Crippen molar-refractivity contribution in [2.24, 2.45) is 0 Å². The van der Waals surface area contributed by atoms with Crippen LogP contribution < -0.4 is 5.32 Å². The van der Waals surface area contributed by atoms with E-state index in [-0.39, 0.29) is 18.5 Å².